The Kier molecular flexibility index (Phi) is 5.10. The van der Waals surface area contributed by atoms with Crippen molar-refractivity contribution in [1.29, 1.82) is 0 Å². The zero-order chi connectivity index (χ0) is 18.9. The lowest BCUT2D eigenvalue weighted by atomic mass is 9.73. The first-order chi connectivity index (χ1) is 13.1. The molecule has 1 fully saturated rings. The van der Waals surface area contributed by atoms with E-state index in [0.717, 1.165) is 5.56 Å². The first-order valence-electron chi connectivity index (χ1n) is 9.11. The Labute approximate surface area is 161 Å². The molecule has 0 saturated carbocycles. The van der Waals surface area contributed by atoms with Crippen LogP contribution in [0, 0.1) is 5.41 Å². The molecule has 0 radical (unpaired) electrons. The molecule has 142 valence electrons. The summed E-state index contributed by atoms with van der Waals surface area (Å²) in [4.78, 5) is 21.8. The standard InChI is InChI=1S/C20H23N3O3S/c24-13-20(10-14-4-2-1-3-5-14)12-23(8-6-16(20)25)11-17-21-15-7-9-27-18(15)19(26)22-17/h1-5,7,9,16,24-25H,6,8,10-13H2,(H,21,22,26)/t16-,20+/m0/s1. The molecule has 1 aliphatic heterocycles. The van der Waals surface area contributed by atoms with Crippen LogP contribution in [0.1, 0.15) is 17.8 Å². The number of fused-ring (bicyclic) bond motifs is 1. The second-order valence-corrected chi connectivity index (χ2v) is 8.26. The number of rotatable bonds is 5. The topological polar surface area (TPSA) is 89.5 Å². The molecular formula is C20H23N3O3S. The molecule has 2 atom stereocenters. The number of likely N-dealkylation sites (tertiary alicyclic amines) is 1. The van der Waals surface area contributed by atoms with Crippen molar-refractivity contribution in [2.45, 2.75) is 25.5 Å². The van der Waals surface area contributed by atoms with Crippen molar-refractivity contribution in [2.75, 3.05) is 19.7 Å². The van der Waals surface area contributed by atoms with E-state index < -0.39 is 11.5 Å². The van der Waals surface area contributed by atoms with Gasteiger partial charge in [-0.1, -0.05) is 30.3 Å². The number of hydrogen-bond donors (Lipinski definition) is 3. The fourth-order valence-electron chi connectivity index (χ4n) is 3.97. The van der Waals surface area contributed by atoms with Crippen LogP contribution in [0.3, 0.4) is 0 Å². The third-order valence-corrected chi connectivity index (χ3v) is 6.32. The predicted molar refractivity (Wildman–Crippen MR) is 106 cm³/mol. The third kappa shape index (κ3) is 3.68. The Morgan fingerprint density at radius 1 is 1.30 bits per heavy atom. The van der Waals surface area contributed by atoms with Gasteiger partial charge in [-0.2, -0.15) is 0 Å². The van der Waals surface area contributed by atoms with Gasteiger partial charge in [-0.15, -0.1) is 11.3 Å². The number of H-pyrrole nitrogens is 1. The van der Waals surface area contributed by atoms with Crippen LogP contribution < -0.4 is 5.56 Å². The van der Waals surface area contributed by atoms with Crippen molar-refractivity contribution in [3.8, 4) is 0 Å². The molecule has 0 spiro atoms. The summed E-state index contributed by atoms with van der Waals surface area (Å²) in [6, 6.07) is 11.8. The minimum absolute atomic E-state index is 0.0902. The maximum atomic E-state index is 12.2. The number of benzene rings is 1. The third-order valence-electron chi connectivity index (χ3n) is 5.42. The summed E-state index contributed by atoms with van der Waals surface area (Å²) in [5, 5.41) is 22.7. The monoisotopic (exact) mass is 385 g/mol. The van der Waals surface area contributed by atoms with Gasteiger partial charge in [0.15, 0.2) is 0 Å². The fraction of sp³-hybridized carbons (Fsp3) is 0.400. The van der Waals surface area contributed by atoms with Gasteiger partial charge in [-0.3, -0.25) is 9.69 Å². The summed E-state index contributed by atoms with van der Waals surface area (Å²) in [6.45, 7) is 1.64. The summed E-state index contributed by atoms with van der Waals surface area (Å²) in [7, 11) is 0. The molecule has 0 unspecified atom stereocenters. The van der Waals surface area contributed by atoms with Crippen molar-refractivity contribution in [2.24, 2.45) is 5.41 Å². The van der Waals surface area contributed by atoms with Crippen molar-refractivity contribution in [3.63, 3.8) is 0 Å². The van der Waals surface area contributed by atoms with Gasteiger partial charge < -0.3 is 15.2 Å². The average Bonchev–Trinajstić information content (AvgIpc) is 3.14. The summed E-state index contributed by atoms with van der Waals surface area (Å²) in [5.74, 6) is 0.619. The van der Waals surface area contributed by atoms with Crippen LogP contribution in [0.2, 0.25) is 0 Å². The molecule has 0 aliphatic carbocycles. The molecular weight excluding hydrogens is 362 g/mol. The van der Waals surface area contributed by atoms with E-state index in [0.29, 0.717) is 48.5 Å². The zero-order valence-corrected chi connectivity index (χ0v) is 15.8. The van der Waals surface area contributed by atoms with E-state index in [1.807, 2.05) is 41.8 Å². The van der Waals surface area contributed by atoms with Gasteiger partial charge in [0.05, 0.1) is 24.8 Å². The number of piperidine rings is 1. The van der Waals surface area contributed by atoms with Gasteiger partial charge in [-0.25, -0.2) is 4.98 Å². The average molecular weight is 385 g/mol. The highest BCUT2D eigenvalue weighted by Crippen LogP contribution is 2.34. The summed E-state index contributed by atoms with van der Waals surface area (Å²) >= 11 is 1.39. The smallest absolute Gasteiger partial charge is 0.268 e. The number of aliphatic hydroxyl groups is 2. The number of nitrogens with one attached hydrogen (secondary N) is 1. The predicted octanol–water partition coefficient (Wildman–Crippen LogP) is 1.77. The van der Waals surface area contributed by atoms with Crippen LogP contribution in [-0.2, 0) is 13.0 Å². The van der Waals surface area contributed by atoms with E-state index in [1.54, 1.807) is 0 Å². The number of nitrogens with zero attached hydrogens (tertiary/aromatic N) is 2. The number of aromatic nitrogens is 2. The van der Waals surface area contributed by atoms with Crippen LogP contribution >= 0.6 is 11.3 Å². The van der Waals surface area contributed by atoms with Crippen molar-refractivity contribution < 1.29 is 10.2 Å². The Balaban J connectivity index is 1.56. The molecule has 3 heterocycles. The van der Waals surface area contributed by atoms with Crippen LogP contribution in [0.4, 0.5) is 0 Å². The van der Waals surface area contributed by atoms with E-state index in [2.05, 4.69) is 14.9 Å². The van der Waals surface area contributed by atoms with E-state index >= 15 is 0 Å². The molecule has 1 saturated heterocycles. The van der Waals surface area contributed by atoms with Gasteiger partial charge in [0.2, 0.25) is 0 Å². The Hall–Kier alpha value is -2.06. The normalized spacial score (nSPS) is 23.7. The molecule has 4 rings (SSSR count). The molecule has 6 nitrogen and oxygen atoms in total. The fourth-order valence-corrected chi connectivity index (χ4v) is 4.70. The van der Waals surface area contributed by atoms with E-state index in [4.69, 9.17) is 0 Å². The van der Waals surface area contributed by atoms with E-state index in [1.165, 1.54) is 11.3 Å². The number of aliphatic hydroxyl groups excluding tert-OH is 2. The number of thiophene rings is 1. The molecule has 1 aliphatic rings. The largest absolute Gasteiger partial charge is 0.396 e. The molecule has 0 bridgehead atoms. The SMILES string of the molecule is O=c1[nH]c(CN2CC[C@H](O)[C@](CO)(Cc3ccccc3)C2)nc2ccsc12. The zero-order valence-electron chi connectivity index (χ0n) is 15.0. The second-order valence-electron chi connectivity index (χ2n) is 7.35. The van der Waals surface area contributed by atoms with Gasteiger partial charge in [0.25, 0.3) is 5.56 Å². The van der Waals surface area contributed by atoms with Crippen molar-refractivity contribution in [1.82, 2.24) is 14.9 Å². The molecule has 0 amide bonds. The van der Waals surface area contributed by atoms with Gasteiger partial charge >= 0.3 is 0 Å². The molecule has 27 heavy (non-hydrogen) atoms. The van der Waals surface area contributed by atoms with E-state index in [9.17, 15) is 15.0 Å². The van der Waals surface area contributed by atoms with Gasteiger partial charge in [-0.05, 0) is 29.9 Å². The highest BCUT2D eigenvalue weighted by Gasteiger charge is 2.42. The first-order valence-corrected chi connectivity index (χ1v) is 9.99. The molecule has 2 aromatic heterocycles. The van der Waals surface area contributed by atoms with Gasteiger partial charge in [0.1, 0.15) is 10.5 Å². The maximum absolute atomic E-state index is 12.2. The highest BCUT2D eigenvalue weighted by molar-refractivity contribution is 7.17. The molecule has 1 aromatic carbocycles. The summed E-state index contributed by atoms with van der Waals surface area (Å²) < 4.78 is 0.640. The van der Waals surface area contributed by atoms with Gasteiger partial charge in [0, 0.05) is 18.5 Å². The lowest BCUT2D eigenvalue weighted by Crippen LogP contribution is -2.54. The molecule has 3 N–H and O–H groups in total. The minimum Gasteiger partial charge on any atom is -0.396 e. The molecule has 7 heteroatoms. The second kappa shape index (κ2) is 7.52. The quantitative estimate of drug-likeness (QED) is 0.623. The van der Waals surface area contributed by atoms with Crippen LogP contribution in [-0.4, -0.2) is 50.9 Å². The number of hydrogen-bond acceptors (Lipinski definition) is 6. The van der Waals surface area contributed by atoms with E-state index in [-0.39, 0.29) is 12.2 Å². The van der Waals surface area contributed by atoms with Crippen molar-refractivity contribution in [3.05, 3.63) is 63.5 Å². The summed E-state index contributed by atoms with van der Waals surface area (Å²) in [6.07, 6.45) is 0.624. The highest BCUT2D eigenvalue weighted by atomic mass is 32.1. The lowest BCUT2D eigenvalue weighted by Gasteiger charge is -2.45. The van der Waals surface area contributed by atoms with Crippen LogP contribution in [0.5, 0.6) is 0 Å². The minimum atomic E-state index is -0.619. The summed E-state index contributed by atoms with van der Waals surface area (Å²) in [5.41, 5.74) is 1.08. The Morgan fingerprint density at radius 2 is 2.11 bits per heavy atom. The van der Waals surface area contributed by atoms with Crippen molar-refractivity contribution >= 4 is 21.6 Å². The molecule has 3 aromatic rings. The maximum Gasteiger partial charge on any atom is 0.268 e. The lowest BCUT2D eigenvalue weighted by molar-refractivity contribution is -0.0773. The van der Waals surface area contributed by atoms with Crippen LogP contribution in [0.25, 0.3) is 10.2 Å². The number of aromatic amines is 1. The Morgan fingerprint density at radius 3 is 2.89 bits per heavy atom. The van der Waals surface area contributed by atoms with Crippen LogP contribution in [0.15, 0.2) is 46.6 Å². The first kappa shape index (κ1) is 18.3. The Bertz CT molecular complexity index is 971.